The topological polar surface area (TPSA) is 49.8 Å². The van der Waals surface area contributed by atoms with Crippen molar-refractivity contribution in [3.63, 3.8) is 0 Å². The van der Waals surface area contributed by atoms with Gasteiger partial charge in [-0.3, -0.25) is 9.69 Å². The van der Waals surface area contributed by atoms with Crippen LogP contribution in [0.15, 0.2) is 24.3 Å². The Labute approximate surface area is 101 Å². The highest BCUT2D eigenvalue weighted by Crippen LogP contribution is 2.24. The van der Waals surface area contributed by atoms with Gasteiger partial charge >= 0.3 is 5.97 Å². The van der Waals surface area contributed by atoms with Gasteiger partial charge in [0.1, 0.15) is 5.75 Å². The molecule has 1 fully saturated rings. The third-order valence-corrected chi connectivity index (χ3v) is 2.97. The first-order valence-electron chi connectivity index (χ1n) is 5.86. The second kappa shape index (κ2) is 5.19. The number of carboxylic acids is 1. The molecule has 4 nitrogen and oxygen atoms in total. The first kappa shape index (κ1) is 11.9. The molecule has 17 heavy (non-hydrogen) atoms. The number of hydrogen-bond donors (Lipinski definition) is 1. The number of carbonyl (C=O) groups is 1. The molecule has 0 radical (unpaired) electrons. The smallest absolute Gasteiger partial charge is 0.309 e. The summed E-state index contributed by atoms with van der Waals surface area (Å²) >= 11 is 0. The number of ether oxygens (including phenoxy) is 1. The van der Waals surface area contributed by atoms with Crippen molar-refractivity contribution in [3.8, 4) is 5.75 Å². The van der Waals surface area contributed by atoms with Crippen molar-refractivity contribution < 1.29 is 14.6 Å². The molecule has 2 rings (SSSR count). The van der Waals surface area contributed by atoms with Crippen LogP contribution in [0.3, 0.4) is 0 Å². The van der Waals surface area contributed by atoms with Gasteiger partial charge in [-0.05, 0) is 13.0 Å². The zero-order chi connectivity index (χ0) is 12.3. The monoisotopic (exact) mass is 235 g/mol. The summed E-state index contributed by atoms with van der Waals surface area (Å²) in [6.45, 7) is 4.64. The Kier molecular flexibility index (Phi) is 3.64. The molecular weight excluding hydrogens is 218 g/mol. The Morgan fingerprint density at radius 1 is 1.47 bits per heavy atom. The average Bonchev–Trinajstić information content (AvgIpc) is 2.24. The van der Waals surface area contributed by atoms with Crippen molar-refractivity contribution in [2.75, 3.05) is 19.7 Å². The lowest BCUT2D eigenvalue weighted by Gasteiger charge is -2.36. The van der Waals surface area contributed by atoms with Crippen molar-refractivity contribution in [1.29, 1.82) is 0 Å². The highest BCUT2D eigenvalue weighted by molar-refractivity contribution is 5.71. The minimum absolute atomic E-state index is 0.200. The molecule has 1 N–H and O–H groups in total. The van der Waals surface area contributed by atoms with Crippen LogP contribution in [0, 0.1) is 5.92 Å². The standard InChI is InChI=1S/C13H17NO3/c1-2-17-12-6-4-3-5-10(12)7-14-8-11(9-14)13(15)16/h3-6,11H,2,7-9H2,1H3,(H,15,16). The van der Waals surface area contributed by atoms with E-state index in [0.717, 1.165) is 17.9 Å². The van der Waals surface area contributed by atoms with Crippen LogP contribution in [0.25, 0.3) is 0 Å². The van der Waals surface area contributed by atoms with E-state index in [0.29, 0.717) is 19.7 Å². The number of nitrogens with zero attached hydrogens (tertiary/aromatic N) is 1. The molecule has 0 bridgehead atoms. The third-order valence-electron chi connectivity index (χ3n) is 2.97. The van der Waals surface area contributed by atoms with E-state index >= 15 is 0 Å². The number of rotatable bonds is 5. The van der Waals surface area contributed by atoms with Gasteiger partial charge in [0, 0.05) is 25.2 Å². The lowest BCUT2D eigenvalue weighted by Crippen LogP contribution is -2.49. The van der Waals surface area contributed by atoms with Gasteiger partial charge in [0.2, 0.25) is 0 Å². The Bertz CT molecular complexity index is 399. The van der Waals surface area contributed by atoms with Gasteiger partial charge in [-0.15, -0.1) is 0 Å². The Morgan fingerprint density at radius 2 is 2.18 bits per heavy atom. The number of likely N-dealkylation sites (tertiary alicyclic amines) is 1. The van der Waals surface area contributed by atoms with E-state index in [1.807, 2.05) is 31.2 Å². The van der Waals surface area contributed by atoms with E-state index in [1.165, 1.54) is 0 Å². The van der Waals surface area contributed by atoms with E-state index < -0.39 is 5.97 Å². The fraction of sp³-hybridized carbons (Fsp3) is 0.462. The van der Waals surface area contributed by atoms with Crippen LogP contribution < -0.4 is 4.74 Å². The fourth-order valence-electron chi connectivity index (χ4n) is 2.03. The lowest BCUT2D eigenvalue weighted by atomic mass is 9.99. The second-order valence-electron chi connectivity index (χ2n) is 4.27. The molecule has 4 heteroatoms. The molecule has 1 aliphatic rings. The number of carboxylic acid groups (broad SMARTS) is 1. The van der Waals surface area contributed by atoms with Gasteiger partial charge in [-0.1, -0.05) is 18.2 Å². The maximum atomic E-state index is 10.7. The number of hydrogen-bond acceptors (Lipinski definition) is 3. The molecule has 1 heterocycles. The molecule has 1 aromatic carbocycles. The van der Waals surface area contributed by atoms with Crippen LogP contribution in [0.2, 0.25) is 0 Å². The van der Waals surface area contributed by atoms with Gasteiger partial charge in [-0.25, -0.2) is 0 Å². The molecule has 0 unspecified atom stereocenters. The normalized spacial score (nSPS) is 16.5. The molecule has 0 saturated carbocycles. The SMILES string of the molecule is CCOc1ccccc1CN1CC(C(=O)O)C1. The molecule has 1 saturated heterocycles. The van der Waals surface area contributed by atoms with Crippen molar-refractivity contribution in [3.05, 3.63) is 29.8 Å². The van der Waals surface area contributed by atoms with E-state index in [4.69, 9.17) is 9.84 Å². The van der Waals surface area contributed by atoms with Crippen LogP contribution in [0.4, 0.5) is 0 Å². The molecule has 0 aromatic heterocycles. The lowest BCUT2D eigenvalue weighted by molar-refractivity contribution is -0.147. The fourth-order valence-corrected chi connectivity index (χ4v) is 2.03. The number of benzene rings is 1. The summed E-state index contributed by atoms with van der Waals surface area (Å²) in [5.74, 6) is 0.00220. The molecule has 1 aliphatic heterocycles. The molecular formula is C13H17NO3. The van der Waals surface area contributed by atoms with Gasteiger partial charge in [0.25, 0.3) is 0 Å². The summed E-state index contributed by atoms with van der Waals surface area (Å²) in [6, 6.07) is 7.91. The molecule has 0 atom stereocenters. The first-order chi connectivity index (χ1) is 8.20. The zero-order valence-electron chi connectivity index (χ0n) is 9.93. The van der Waals surface area contributed by atoms with Crippen LogP contribution in [-0.4, -0.2) is 35.7 Å². The van der Waals surface area contributed by atoms with Gasteiger partial charge in [0.05, 0.1) is 12.5 Å². The highest BCUT2D eigenvalue weighted by Gasteiger charge is 2.32. The summed E-state index contributed by atoms with van der Waals surface area (Å²) in [5.41, 5.74) is 1.12. The van der Waals surface area contributed by atoms with E-state index in [-0.39, 0.29) is 5.92 Å². The first-order valence-corrected chi connectivity index (χ1v) is 5.86. The summed E-state index contributed by atoms with van der Waals surface area (Å²) in [4.78, 5) is 12.8. The summed E-state index contributed by atoms with van der Waals surface area (Å²) in [6.07, 6.45) is 0. The van der Waals surface area contributed by atoms with Gasteiger partial charge in [0.15, 0.2) is 0 Å². The van der Waals surface area contributed by atoms with E-state index in [9.17, 15) is 4.79 Å². The number of para-hydroxylation sites is 1. The minimum atomic E-state index is -0.695. The van der Waals surface area contributed by atoms with Gasteiger partial charge < -0.3 is 9.84 Å². The van der Waals surface area contributed by atoms with Crippen LogP contribution >= 0.6 is 0 Å². The highest BCUT2D eigenvalue weighted by atomic mass is 16.5. The molecule has 0 amide bonds. The average molecular weight is 235 g/mol. The van der Waals surface area contributed by atoms with Crippen molar-refractivity contribution in [2.24, 2.45) is 5.92 Å². The molecule has 0 aliphatic carbocycles. The van der Waals surface area contributed by atoms with Crippen molar-refractivity contribution >= 4 is 5.97 Å². The Balaban J connectivity index is 1.93. The predicted octanol–water partition coefficient (Wildman–Crippen LogP) is 1.60. The molecule has 92 valence electrons. The minimum Gasteiger partial charge on any atom is -0.494 e. The maximum Gasteiger partial charge on any atom is 0.309 e. The summed E-state index contributed by atoms with van der Waals surface area (Å²) in [7, 11) is 0. The van der Waals surface area contributed by atoms with E-state index in [2.05, 4.69) is 4.90 Å². The quantitative estimate of drug-likeness (QED) is 0.842. The van der Waals surface area contributed by atoms with Crippen LogP contribution in [-0.2, 0) is 11.3 Å². The van der Waals surface area contributed by atoms with Gasteiger partial charge in [-0.2, -0.15) is 0 Å². The van der Waals surface area contributed by atoms with Crippen LogP contribution in [0.5, 0.6) is 5.75 Å². The van der Waals surface area contributed by atoms with Crippen LogP contribution in [0.1, 0.15) is 12.5 Å². The van der Waals surface area contributed by atoms with Crippen molar-refractivity contribution in [2.45, 2.75) is 13.5 Å². The predicted molar refractivity (Wildman–Crippen MR) is 64.0 cm³/mol. The Morgan fingerprint density at radius 3 is 2.82 bits per heavy atom. The molecule has 0 spiro atoms. The maximum absolute atomic E-state index is 10.7. The largest absolute Gasteiger partial charge is 0.494 e. The van der Waals surface area contributed by atoms with E-state index in [1.54, 1.807) is 0 Å². The third kappa shape index (κ3) is 2.77. The summed E-state index contributed by atoms with van der Waals surface area (Å²) < 4.78 is 5.54. The number of aliphatic carboxylic acids is 1. The summed E-state index contributed by atoms with van der Waals surface area (Å²) in [5, 5.41) is 8.80. The zero-order valence-corrected chi connectivity index (χ0v) is 9.93. The second-order valence-corrected chi connectivity index (χ2v) is 4.27. The molecule has 1 aromatic rings. The van der Waals surface area contributed by atoms with Crippen molar-refractivity contribution in [1.82, 2.24) is 4.90 Å². The Hall–Kier alpha value is -1.55.